The molecule has 0 aliphatic carbocycles. The maximum Gasteiger partial charge on any atom is 0.255 e. The first kappa shape index (κ1) is 15.7. The largest absolute Gasteiger partial charge is 0.455 e. The van der Waals surface area contributed by atoms with Gasteiger partial charge in [-0.3, -0.25) is 4.79 Å². The Kier molecular flexibility index (Phi) is 5.09. The summed E-state index contributed by atoms with van der Waals surface area (Å²) in [6, 6.07) is 10.1. The van der Waals surface area contributed by atoms with Gasteiger partial charge < -0.3 is 15.8 Å². The van der Waals surface area contributed by atoms with Crippen molar-refractivity contribution >= 4 is 39.1 Å². The molecule has 0 fully saturated rings. The van der Waals surface area contributed by atoms with Crippen LogP contribution in [0.3, 0.4) is 0 Å². The average molecular weight is 370 g/mol. The minimum Gasteiger partial charge on any atom is -0.455 e. The van der Waals surface area contributed by atoms with Gasteiger partial charge in [0.15, 0.2) is 0 Å². The summed E-state index contributed by atoms with van der Waals surface area (Å²) in [6.07, 6.45) is 0. The van der Waals surface area contributed by atoms with Gasteiger partial charge in [-0.2, -0.15) is 0 Å². The Labute approximate surface area is 136 Å². The fraction of sp³-hybridized carbons (Fsp3) is 0.133. The van der Waals surface area contributed by atoms with Crippen LogP contribution < -0.4 is 15.8 Å². The molecule has 1 amide bonds. The lowest BCUT2D eigenvalue weighted by atomic mass is 10.1. The van der Waals surface area contributed by atoms with Gasteiger partial charge in [0.1, 0.15) is 11.5 Å². The molecule has 2 aromatic rings. The Hall–Kier alpha value is -1.72. The third kappa shape index (κ3) is 3.89. The predicted octanol–water partition coefficient (Wildman–Crippen LogP) is 4.23. The zero-order valence-corrected chi connectivity index (χ0v) is 13.7. The van der Waals surface area contributed by atoms with Gasteiger partial charge in [0.05, 0.1) is 10.0 Å². The normalized spacial score (nSPS) is 10.2. The standard InChI is InChI=1S/C15H14BrClN2O2/c1-2-19-15(20)11-5-4-10(18)8-14(11)21-13-6-3-9(17)7-12(13)16/h3-8H,2,18H2,1H3,(H,19,20). The monoisotopic (exact) mass is 368 g/mol. The van der Waals surface area contributed by atoms with Gasteiger partial charge in [0.25, 0.3) is 5.91 Å². The molecule has 0 aliphatic heterocycles. The van der Waals surface area contributed by atoms with Crippen molar-refractivity contribution in [1.29, 1.82) is 0 Å². The van der Waals surface area contributed by atoms with Crippen LogP contribution in [0, 0.1) is 0 Å². The Morgan fingerprint density at radius 3 is 2.71 bits per heavy atom. The molecular weight excluding hydrogens is 356 g/mol. The Morgan fingerprint density at radius 1 is 1.29 bits per heavy atom. The van der Waals surface area contributed by atoms with Crippen LogP contribution in [0.1, 0.15) is 17.3 Å². The van der Waals surface area contributed by atoms with Crippen LogP contribution in [0.15, 0.2) is 40.9 Å². The molecule has 0 saturated carbocycles. The lowest BCUT2D eigenvalue weighted by molar-refractivity contribution is 0.0953. The van der Waals surface area contributed by atoms with Gasteiger partial charge in [-0.15, -0.1) is 0 Å². The van der Waals surface area contributed by atoms with Crippen LogP contribution in [0.5, 0.6) is 11.5 Å². The molecule has 0 bridgehead atoms. The van der Waals surface area contributed by atoms with Crippen molar-refractivity contribution in [3.63, 3.8) is 0 Å². The van der Waals surface area contributed by atoms with E-state index in [0.717, 1.165) is 0 Å². The van der Waals surface area contributed by atoms with Crippen LogP contribution in [0.4, 0.5) is 5.69 Å². The second kappa shape index (κ2) is 6.83. The molecule has 0 aromatic heterocycles. The number of hydrogen-bond donors (Lipinski definition) is 2. The number of amides is 1. The molecule has 0 atom stereocenters. The smallest absolute Gasteiger partial charge is 0.255 e. The van der Waals surface area contributed by atoms with Crippen molar-refractivity contribution in [2.75, 3.05) is 12.3 Å². The molecule has 2 aromatic carbocycles. The van der Waals surface area contributed by atoms with Crippen molar-refractivity contribution in [3.8, 4) is 11.5 Å². The summed E-state index contributed by atoms with van der Waals surface area (Å²) < 4.78 is 6.49. The van der Waals surface area contributed by atoms with Crippen molar-refractivity contribution in [3.05, 3.63) is 51.5 Å². The summed E-state index contributed by atoms with van der Waals surface area (Å²) in [6.45, 7) is 2.39. The number of nitrogen functional groups attached to an aromatic ring is 1. The predicted molar refractivity (Wildman–Crippen MR) is 88.1 cm³/mol. The number of halogens is 2. The van der Waals surface area contributed by atoms with Gasteiger partial charge in [-0.1, -0.05) is 11.6 Å². The van der Waals surface area contributed by atoms with Crippen LogP contribution in [0.25, 0.3) is 0 Å². The Bertz CT molecular complexity index is 677. The fourth-order valence-electron chi connectivity index (χ4n) is 1.74. The van der Waals surface area contributed by atoms with Crippen LogP contribution >= 0.6 is 27.5 Å². The van der Waals surface area contributed by atoms with Crippen LogP contribution in [-0.4, -0.2) is 12.5 Å². The zero-order valence-electron chi connectivity index (χ0n) is 11.3. The number of ether oxygens (including phenoxy) is 1. The number of nitrogens with two attached hydrogens (primary N) is 1. The summed E-state index contributed by atoms with van der Waals surface area (Å²) in [5.41, 5.74) is 6.71. The maximum absolute atomic E-state index is 12.0. The van der Waals surface area contributed by atoms with E-state index in [4.69, 9.17) is 22.1 Å². The number of carbonyl (C=O) groups is 1. The Balaban J connectivity index is 2.38. The van der Waals surface area contributed by atoms with E-state index in [9.17, 15) is 4.79 Å². The number of rotatable bonds is 4. The molecule has 0 unspecified atom stereocenters. The highest BCUT2D eigenvalue weighted by atomic mass is 79.9. The molecule has 2 rings (SSSR count). The highest BCUT2D eigenvalue weighted by molar-refractivity contribution is 9.10. The maximum atomic E-state index is 12.0. The van der Waals surface area contributed by atoms with Crippen molar-refractivity contribution in [2.24, 2.45) is 0 Å². The fourth-order valence-corrected chi connectivity index (χ4v) is 2.51. The Morgan fingerprint density at radius 2 is 2.05 bits per heavy atom. The average Bonchev–Trinajstić information content (AvgIpc) is 2.42. The molecule has 0 heterocycles. The van der Waals surface area contributed by atoms with E-state index in [2.05, 4.69) is 21.2 Å². The van der Waals surface area contributed by atoms with Gasteiger partial charge in [-0.25, -0.2) is 0 Å². The highest BCUT2D eigenvalue weighted by Gasteiger charge is 2.14. The molecule has 6 heteroatoms. The summed E-state index contributed by atoms with van der Waals surface area (Å²) >= 11 is 9.27. The van der Waals surface area contributed by atoms with Crippen molar-refractivity contribution < 1.29 is 9.53 Å². The van der Waals surface area contributed by atoms with E-state index in [1.54, 1.807) is 36.4 Å². The molecule has 110 valence electrons. The first-order valence-electron chi connectivity index (χ1n) is 6.32. The summed E-state index contributed by atoms with van der Waals surface area (Å²) in [5, 5.41) is 3.33. The summed E-state index contributed by atoms with van der Waals surface area (Å²) in [7, 11) is 0. The van der Waals surface area contributed by atoms with E-state index >= 15 is 0 Å². The second-order valence-corrected chi connectivity index (χ2v) is 5.58. The van der Waals surface area contributed by atoms with Gasteiger partial charge >= 0.3 is 0 Å². The van der Waals surface area contributed by atoms with Gasteiger partial charge in [0, 0.05) is 23.3 Å². The molecule has 21 heavy (non-hydrogen) atoms. The molecule has 0 spiro atoms. The zero-order chi connectivity index (χ0) is 15.4. The number of carbonyl (C=O) groups excluding carboxylic acids is 1. The summed E-state index contributed by atoms with van der Waals surface area (Å²) in [5.74, 6) is 0.733. The molecular formula is C15H14BrClN2O2. The SMILES string of the molecule is CCNC(=O)c1ccc(N)cc1Oc1ccc(Cl)cc1Br. The van der Waals surface area contributed by atoms with E-state index in [-0.39, 0.29) is 5.91 Å². The first-order valence-corrected chi connectivity index (χ1v) is 7.49. The number of benzene rings is 2. The minimum absolute atomic E-state index is 0.211. The van der Waals surface area contributed by atoms with Crippen LogP contribution in [-0.2, 0) is 0 Å². The van der Waals surface area contributed by atoms with Crippen molar-refractivity contribution in [2.45, 2.75) is 6.92 Å². The third-order valence-corrected chi connectivity index (χ3v) is 3.56. The first-order chi connectivity index (χ1) is 10.0. The van der Waals surface area contributed by atoms with E-state index in [1.807, 2.05) is 6.92 Å². The van der Waals surface area contributed by atoms with Gasteiger partial charge in [0.2, 0.25) is 0 Å². The van der Waals surface area contributed by atoms with E-state index in [1.165, 1.54) is 0 Å². The summed E-state index contributed by atoms with van der Waals surface area (Å²) in [4.78, 5) is 12.0. The topological polar surface area (TPSA) is 64.4 Å². The quantitative estimate of drug-likeness (QED) is 0.793. The van der Waals surface area contributed by atoms with E-state index in [0.29, 0.717) is 38.8 Å². The highest BCUT2D eigenvalue weighted by Crippen LogP contribution is 2.34. The molecule has 4 nitrogen and oxygen atoms in total. The number of anilines is 1. The lowest BCUT2D eigenvalue weighted by Gasteiger charge is -2.13. The lowest BCUT2D eigenvalue weighted by Crippen LogP contribution is -2.23. The van der Waals surface area contributed by atoms with E-state index < -0.39 is 0 Å². The molecule has 0 aliphatic rings. The molecule has 0 saturated heterocycles. The molecule has 0 radical (unpaired) electrons. The van der Waals surface area contributed by atoms with Crippen LogP contribution in [0.2, 0.25) is 5.02 Å². The number of nitrogens with one attached hydrogen (secondary N) is 1. The van der Waals surface area contributed by atoms with Gasteiger partial charge in [-0.05, 0) is 53.2 Å². The number of hydrogen-bond acceptors (Lipinski definition) is 3. The molecule has 3 N–H and O–H groups in total. The third-order valence-electron chi connectivity index (χ3n) is 2.70. The second-order valence-electron chi connectivity index (χ2n) is 4.29. The minimum atomic E-state index is -0.211. The van der Waals surface area contributed by atoms with Crippen molar-refractivity contribution in [1.82, 2.24) is 5.32 Å².